The van der Waals surface area contributed by atoms with Crippen LogP contribution in [0.25, 0.3) is 0 Å². The Kier molecular flexibility index (Phi) is 3.90. The van der Waals surface area contributed by atoms with E-state index in [1.54, 1.807) is 19.1 Å². The van der Waals surface area contributed by atoms with Gasteiger partial charge in [-0.3, -0.25) is 4.79 Å². The number of alkyl halides is 3. The third-order valence-corrected chi connectivity index (χ3v) is 4.00. The molecule has 0 atom stereocenters. The number of aryl methyl sites for hydroxylation is 1. The van der Waals surface area contributed by atoms with E-state index in [-0.39, 0.29) is 0 Å². The number of nitrogens with zero attached hydrogens (tertiary/aromatic N) is 3. The van der Waals surface area contributed by atoms with Gasteiger partial charge in [-0.15, -0.1) is 0 Å². The van der Waals surface area contributed by atoms with Crippen molar-refractivity contribution in [3.8, 4) is 0 Å². The van der Waals surface area contributed by atoms with Crippen LogP contribution in [0, 0.1) is 6.92 Å². The summed E-state index contributed by atoms with van der Waals surface area (Å²) in [6, 6.07) is 5.76. The largest absolute Gasteiger partial charge is 0.433 e. The van der Waals surface area contributed by atoms with Gasteiger partial charge in [0.05, 0.1) is 11.3 Å². The zero-order chi connectivity index (χ0) is 17.5. The van der Waals surface area contributed by atoms with E-state index in [0.717, 1.165) is 11.6 Å². The Bertz CT molecular complexity index is 804. The molecule has 3 rings (SSSR count). The van der Waals surface area contributed by atoms with Crippen molar-refractivity contribution in [2.75, 3.05) is 11.4 Å². The van der Waals surface area contributed by atoms with Crippen LogP contribution in [0.5, 0.6) is 0 Å². The minimum Gasteiger partial charge on any atom is -0.366 e. The topological polar surface area (TPSA) is 72.1 Å². The van der Waals surface area contributed by atoms with Gasteiger partial charge in [0, 0.05) is 25.2 Å². The number of aromatic nitrogens is 2. The first-order valence-corrected chi connectivity index (χ1v) is 7.34. The minimum absolute atomic E-state index is 0.354. The third-order valence-electron chi connectivity index (χ3n) is 4.00. The van der Waals surface area contributed by atoms with Gasteiger partial charge >= 0.3 is 6.18 Å². The lowest BCUT2D eigenvalue weighted by Crippen LogP contribution is -2.32. The second-order valence-corrected chi connectivity index (χ2v) is 5.64. The van der Waals surface area contributed by atoms with Gasteiger partial charge in [-0.25, -0.2) is 9.97 Å². The molecule has 0 bridgehead atoms. The van der Waals surface area contributed by atoms with E-state index in [4.69, 9.17) is 5.73 Å². The number of pyridine rings is 2. The molecule has 2 aromatic rings. The number of nitrogens with two attached hydrogens (primary N) is 1. The molecule has 2 N–H and O–H groups in total. The van der Waals surface area contributed by atoms with Gasteiger partial charge in [-0.2, -0.15) is 13.2 Å². The number of fused-ring (bicyclic) bond motifs is 1. The fourth-order valence-electron chi connectivity index (χ4n) is 2.75. The van der Waals surface area contributed by atoms with Gasteiger partial charge < -0.3 is 10.6 Å². The highest BCUT2D eigenvalue weighted by molar-refractivity contribution is 5.94. The molecule has 2 aromatic heterocycles. The second-order valence-electron chi connectivity index (χ2n) is 5.64. The van der Waals surface area contributed by atoms with E-state index in [0.29, 0.717) is 42.3 Å². The van der Waals surface area contributed by atoms with Crippen LogP contribution in [0.3, 0.4) is 0 Å². The summed E-state index contributed by atoms with van der Waals surface area (Å²) in [4.78, 5) is 21.3. The van der Waals surface area contributed by atoms with E-state index in [1.807, 2.05) is 4.90 Å². The highest BCUT2D eigenvalue weighted by Crippen LogP contribution is 2.30. The van der Waals surface area contributed by atoms with Crippen molar-refractivity contribution in [2.45, 2.75) is 26.1 Å². The number of hydrogen-bond acceptors (Lipinski definition) is 4. The maximum atomic E-state index is 12.7. The molecule has 8 heteroatoms. The second kappa shape index (κ2) is 5.77. The smallest absolute Gasteiger partial charge is 0.366 e. The molecule has 0 radical (unpaired) electrons. The molecular weight excluding hydrogens is 321 g/mol. The summed E-state index contributed by atoms with van der Waals surface area (Å²) < 4.78 is 38.2. The molecule has 0 saturated heterocycles. The monoisotopic (exact) mass is 336 g/mol. The fourth-order valence-corrected chi connectivity index (χ4v) is 2.75. The summed E-state index contributed by atoms with van der Waals surface area (Å²) in [6.45, 7) is 2.62. The number of anilines is 1. The molecule has 1 aliphatic rings. The predicted octanol–water partition coefficient (Wildman–Crippen LogP) is 2.47. The van der Waals surface area contributed by atoms with Crippen molar-refractivity contribution in [2.24, 2.45) is 5.73 Å². The number of halogens is 3. The summed E-state index contributed by atoms with van der Waals surface area (Å²) >= 11 is 0. The number of rotatable bonds is 2. The van der Waals surface area contributed by atoms with E-state index >= 15 is 0 Å². The SMILES string of the molecule is Cc1nc(N2CCc3nc(C(F)(F)F)ccc3C2)ccc1C(N)=O. The summed E-state index contributed by atoms with van der Waals surface area (Å²) in [5.41, 5.74) is 6.48. The molecule has 3 heterocycles. The van der Waals surface area contributed by atoms with Crippen molar-refractivity contribution >= 4 is 11.7 Å². The molecule has 0 fully saturated rings. The molecule has 5 nitrogen and oxygen atoms in total. The molecule has 0 spiro atoms. The Morgan fingerprint density at radius 3 is 2.58 bits per heavy atom. The van der Waals surface area contributed by atoms with Crippen LogP contribution >= 0.6 is 0 Å². The first-order valence-electron chi connectivity index (χ1n) is 7.34. The van der Waals surface area contributed by atoms with Gasteiger partial charge in [0.25, 0.3) is 5.91 Å². The van der Waals surface area contributed by atoms with Crippen LogP contribution in [0.1, 0.15) is 33.0 Å². The van der Waals surface area contributed by atoms with Gasteiger partial charge in [-0.05, 0) is 30.7 Å². The van der Waals surface area contributed by atoms with Crippen molar-refractivity contribution in [3.05, 3.63) is 52.5 Å². The number of carbonyl (C=O) groups is 1. The zero-order valence-electron chi connectivity index (χ0n) is 12.9. The Balaban J connectivity index is 1.85. The van der Waals surface area contributed by atoms with Crippen LogP contribution in [0.4, 0.5) is 19.0 Å². The average molecular weight is 336 g/mol. The van der Waals surface area contributed by atoms with Gasteiger partial charge in [0.2, 0.25) is 0 Å². The first-order chi connectivity index (χ1) is 11.3. The summed E-state index contributed by atoms with van der Waals surface area (Å²) in [5.74, 6) is 0.113. The fraction of sp³-hybridized carbons (Fsp3) is 0.312. The van der Waals surface area contributed by atoms with E-state index in [9.17, 15) is 18.0 Å². The van der Waals surface area contributed by atoms with Crippen LogP contribution in [0.2, 0.25) is 0 Å². The molecule has 1 aliphatic heterocycles. The quantitative estimate of drug-likeness (QED) is 0.914. The number of primary amides is 1. The van der Waals surface area contributed by atoms with Crippen molar-refractivity contribution in [1.29, 1.82) is 0 Å². The van der Waals surface area contributed by atoms with Gasteiger partial charge in [-0.1, -0.05) is 6.07 Å². The van der Waals surface area contributed by atoms with E-state index < -0.39 is 17.8 Å². The molecule has 24 heavy (non-hydrogen) atoms. The maximum Gasteiger partial charge on any atom is 0.433 e. The summed E-state index contributed by atoms with van der Waals surface area (Å²) in [6.07, 6.45) is -4.03. The molecule has 0 saturated carbocycles. The highest BCUT2D eigenvalue weighted by atomic mass is 19.4. The van der Waals surface area contributed by atoms with E-state index in [1.165, 1.54) is 6.07 Å². The molecule has 1 amide bonds. The molecular formula is C16H15F3N4O. The minimum atomic E-state index is -4.44. The van der Waals surface area contributed by atoms with Crippen LogP contribution in [0.15, 0.2) is 24.3 Å². The van der Waals surface area contributed by atoms with Crippen LogP contribution < -0.4 is 10.6 Å². The normalized spacial score (nSPS) is 14.4. The summed E-state index contributed by atoms with van der Waals surface area (Å²) in [5, 5.41) is 0. The first kappa shape index (κ1) is 16.2. The van der Waals surface area contributed by atoms with Crippen molar-refractivity contribution < 1.29 is 18.0 Å². The third kappa shape index (κ3) is 3.04. The molecule has 0 aromatic carbocycles. The maximum absolute atomic E-state index is 12.7. The van der Waals surface area contributed by atoms with Gasteiger partial charge in [0.15, 0.2) is 0 Å². The lowest BCUT2D eigenvalue weighted by atomic mass is 10.0. The van der Waals surface area contributed by atoms with E-state index in [2.05, 4.69) is 9.97 Å². The number of hydrogen-bond donors (Lipinski definition) is 1. The number of carbonyl (C=O) groups excluding carboxylic acids is 1. The van der Waals surface area contributed by atoms with Gasteiger partial charge in [0.1, 0.15) is 11.5 Å². The summed E-state index contributed by atoms with van der Waals surface area (Å²) in [7, 11) is 0. The Hall–Kier alpha value is -2.64. The average Bonchev–Trinajstić information content (AvgIpc) is 2.52. The van der Waals surface area contributed by atoms with Crippen molar-refractivity contribution in [1.82, 2.24) is 9.97 Å². The Labute approximate surface area is 136 Å². The standard InChI is InChI=1S/C16H15F3N4O/c1-9-11(15(20)24)3-5-14(21-9)23-7-6-12-10(8-23)2-4-13(22-12)16(17,18)19/h2-5H,6-8H2,1H3,(H2,20,24). The Morgan fingerprint density at radius 1 is 1.21 bits per heavy atom. The van der Waals surface area contributed by atoms with Crippen LogP contribution in [-0.2, 0) is 19.1 Å². The van der Waals surface area contributed by atoms with Crippen LogP contribution in [-0.4, -0.2) is 22.4 Å². The molecule has 0 aliphatic carbocycles. The number of amides is 1. The molecule has 0 unspecified atom stereocenters. The zero-order valence-corrected chi connectivity index (χ0v) is 12.9. The highest BCUT2D eigenvalue weighted by Gasteiger charge is 2.33. The Morgan fingerprint density at radius 2 is 1.96 bits per heavy atom. The predicted molar refractivity (Wildman–Crippen MR) is 81.5 cm³/mol. The lowest BCUT2D eigenvalue weighted by Gasteiger charge is -2.30. The molecule has 126 valence electrons. The lowest BCUT2D eigenvalue weighted by molar-refractivity contribution is -0.141. The van der Waals surface area contributed by atoms with Crippen molar-refractivity contribution in [3.63, 3.8) is 0 Å².